The molecule has 4 N–H and O–H groups in total. The molecule has 5 rings (SSSR count). The summed E-state index contributed by atoms with van der Waals surface area (Å²) in [6.07, 6.45) is -0.0488. The maximum atomic E-state index is 11.6. The minimum Gasteiger partial charge on any atom is -0.444 e. The van der Waals surface area contributed by atoms with Crippen LogP contribution in [0.3, 0.4) is 0 Å². The smallest absolute Gasteiger partial charge is 0.407 e. The van der Waals surface area contributed by atoms with E-state index >= 15 is 0 Å². The Kier molecular flexibility index (Phi) is 18.6. The first kappa shape index (κ1) is 44.1. The molecule has 2 aliphatic rings. The number of morpholine rings is 2. The van der Waals surface area contributed by atoms with Crippen molar-refractivity contribution >= 4 is 18.5 Å². The number of hydrogen-bond acceptors (Lipinski definition) is 10. The van der Waals surface area contributed by atoms with Gasteiger partial charge in [0.05, 0.1) is 26.4 Å². The molecule has 2 aliphatic heterocycles. The van der Waals surface area contributed by atoms with Crippen LogP contribution < -0.4 is 16.4 Å². The molecule has 0 aromatic heterocycles. The van der Waals surface area contributed by atoms with Crippen LogP contribution in [0, 0.1) is 0 Å². The van der Waals surface area contributed by atoms with Gasteiger partial charge in [-0.2, -0.15) is 0 Å². The van der Waals surface area contributed by atoms with E-state index in [1.54, 1.807) is 24.3 Å². The second-order valence-electron chi connectivity index (χ2n) is 15.2. The second-order valence-corrected chi connectivity index (χ2v) is 15.2. The van der Waals surface area contributed by atoms with E-state index in [-0.39, 0.29) is 6.09 Å². The molecule has 0 bridgehead atoms. The van der Waals surface area contributed by atoms with Crippen LogP contribution in [0.2, 0.25) is 0 Å². The topological polar surface area (TPSA) is 145 Å². The highest BCUT2D eigenvalue weighted by Crippen LogP contribution is 2.12. The number of rotatable bonds is 10. The van der Waals surface area contributed by atoms with Gasteiger partial charge in [-0.05, 0) is 69.4 Å². The van der Waals surface area contributed by atoms with Crippen molar-refractivity contribution in [2.24, 2.45) is 5.73 Å². The Labute approximate surface area is 321 Å². The van der Waals surface area contributed by atoms with Crippen LogP contribution in [0.25, 0.3) is 0 Å². The Balaban J connectivity index is 0.000000222. The Hall–Kier alpha value is -4.33. The molecule has 0 radical (unpaired) electrons. The molecule has 2 heterocycles. The van der Waals surface area contributed by atoms with Gasteiger partial charge in [0.25, 0.3) is 0 Å². The lowest BCUT2D eigenvalue weighted by molar-refractivity contribution is 0.0341. The third-order valence-electron chi connectivity index (χ3n) is 8.09. The summed E-state index contributed by atoms with van der Waals surface area (Å²) in [6.45, 7) is 21.9. The number of alkyl carbamates (subject to hydrolysis) is 2. The lowest BCUT2D eigenvalue weighted by atomic mass is 10.1. The van der Waals surface area contributed by atoms with Crippen molar-refractivity contribution in [3.05, 3.63) is 106 Å². The lowest BCUT2D eigenvalue weighted by Crippen LogP contribution is -2.35. The summed E-state index contributed by atoms with van der Waals surface area (Å²) in [7, 11) is 0. The van der Waals surface area contributed by atoms with Gasteiger partial charge in [0.2, 0.25) is 0 Å². The predicted molar refractivity (Wildman–Crippen MR) is 211 cm³/mol. The van der Waals surface area contributed by atoms with Gasteiger partial charge < -0.3 is 35.3 Å². The molecule has 0 saturated carbocycles. The quantitative estimate of drug-likeness (QED) is 0.210. The second kappa shape index (κ2) is 22.8. The third-order valence-corrected chi connectivity index (χ3v) is 8.09. The minimum atomic E-state index is -0.495. The zero-order valence-corrected chi connectivity index (χ0v) is 33.0. The summed E-state index contributed by atoms with van der Waals surface area (Å²) in [5, 5.41) is 5.41. The number of amides is 2. The van der Waals surface area contributed by atoms with Gasteiger partial charge in [-0.3, -0.25) is 14.6 Å². The van der Waals surface area contributed by atoms with Crippen LogP contribution in [0.15, 0.2) is 72.8 Å². The van der Waals surface area contributed by atoms with Crippen molar-refractivity contribution in [2.45, 2.75) is 85.5 Å². The number of benzene rings is 3. The molecule has 0 spiro atoms. The van der Waals surface area contributed by atoms with Gasteiger partial charge in [-0.15, -0.1) is 0 Å². The van der Waals surface area contributed by atoms with Crippen molar-refractivity contribution < 1.29 is 33.3 Å². The maximum Gasteiger partial charge on any atom is 0.407 e. The van der Waals surface area contributed by atoms with E-state index in [1.165, 1.54) is 16.7 Å². The van der Waals surface area contributed by atoms with Crippen molar-refractivity contribution in [3.8, 4) is 0 Å². The molecule has 3 aromatic carbocycles. The number of carbonyl (C=O) groups is 3. The first-order valence-electron chi connectivity index (χ1n) is 18.6. The van der Waals surface area contributed by atoms with Crippen LogP contribution in [0.5, 0.6) is 0 Å². The van der Waals surface area contributed by atoms with E-state index < -0.39 is 17.3 Å². The molecule has 0 atom stereocenters. The maximum absolute atomic E-state index is 11.6. The molecule has 2 fully saturated rings. The van der Waals surface area contributed by atoms with Crippen LogP contribution >= 0.6 is 0 Å². The fourth-order valence-electron chi connectivity index (χ4n) is 5.27. The highest BCUT2D eigenvalue weighted by molar-refractivity contribution is 5.74. The Morgan fingerprint density at radius 1 is 0.611 bits per heavy atom. The van der Waals surface area contributed by atoms with Crippen molar-refractivity contribution in [1.29, 1.82) is 0 Å². The number of nitrogens with one attached hydrogen (secondary N) is 2. The molecule has 2 amide bonds. The first-order valence-corrected chi connectivity index (χ1v) is 18.6. The summed E-state index contributed by atoms with van der Waals surface area (Å²) < 4.78 is 21.0. The summed E-state index contributed by atoms with van der Waals surface area (Å²) in [5.41, 5.74) is 11.0. The van der Waals surface area contributed by atoms with Gasteiger partial charge in [-0.1, -0.05) is 72.8 Å². The highest BCUT2D eigenvalue weighted by atomic mass is 16.6. The zero-order chi connectivity index (χ0) is 39.4. The van der Waals surface area contributed by atoms with E-state index in [4.69, 9.17) is 24.7 Å². The number of ether oxygens (including phenoxy) is 4. The largest absolute Gasteiger partial charge is 0.444 e. The molecular formula is C42H61N5O7. The molecule has 2 saturated heterocycles. The van der Waals surface area contributed by atoms with Crippen molar-refractivity contribution in [3.63, 3.8) is 0 Å². The minimum absolute atomic E-state index is 0.383. The van der Waals surface area contributed by atoms with Crippen molar-refractivity contribution in [1.82, 2.24) is 20.4 Å². The Morgan fingerprint density at radius 2 is 0.944 bits per heavy atom. The van der Waals surface area contributed by atoms with Crippen LogP contribution in [-0.4, -0.2) is 92.1 Å². The fourth-order valence-corrected chi connectivity index (χ4v) is 5.27. The monoisotopic (exact) mass is 747 g/mol. The van der Waals surface area contributed by atoms with E-state index in [2.05, 4.69) is 56.8 Å². The molecule has 54 heavy (non-hydrogen) atoms. The molecule has 12 heteroatoms. The number of hydrogen-bond donors (Lipinski definition) is 3. The van der Waals surface area contributed by atoms with Crippen LogP contribution in [0.4, 0.5) is 9.59 Å². The molecule has 0 aliphatic carbocycles. The summed E-state index contributed by atoms with van der Waals surface area (Å²) in [4.78, 5) is 38.2. The molecule has 12 nitrogen and oxygen atoms in total. The number of carbonyl (C=O) groups excluding carboxylic acids is 3. The zero-order valence-electron chi connectivity index (χ0n) is 33.0. The average Bonchev–Trinajstić information content (AvgIpc) is 3.14. The van der Waals surface area contributed by atoms with E-state index in [1.807, 2.05) is 53.7 Å². The molecule has 3 aromatic rings. The van der Waals surface area contributed by atoms with Crippen molar-refractivity contribution in [2.75, 3.05) is 52.6 Å². The number of aldehydes is 1. The number of nitrogens with two attached hydrogens (primary N) is 1. The standard InChI is InChI=1S/C17H26N2O3.C13H17NO3.C12H18N2O/c1-17(2,3)22-16(20)18-12-14-4-6-15(7-5-14)13-19-8-10-21-11-9-19;1-13(2,3)17-12(16)14-8-10-4-6-11(9-15)7-5-10;13-9-11-1-3-12(4-2-11)10-14-5-7-15-8-6-14/h4-7H,8-13H2,1-3H3,(H,18,20);4-7,9H,8H2,1-3H3,(H,14,16);1-4H,5-10,13H2. The summed E-state index contributed by atoms with van der Waals surface area (Å²) >= 11 is 0. The van der Waals surface area contributed by atoms with Gasteiger partial charge in [-0.25, -0.2) is 9.59 Å². The highest BCUT2D eigenvalue weighted by Gasteiger charge is 2.17. The Bertz CT molecular complexity index is 1520. The average molecular weight is 748 g/mol. The molecular weight excluding hydrogens is 686 g/mol. The lowest BCUT2D eigenvalue weighted by Gasteiger charge is -2.26. The van der Waals surface area contributed by atoms with Gasteiger partial charge >= 0.3 is 12.2 Å². The van der Waals surface area contributed by atoms with Crippen LogP contribution in [-0.2, 0) is 51.7 Å². The van der Waals surface area contributed by atoms with E-state index in [9.17, 15) is 14.4 Å². The number of nitrogens with zero attached hydrogens (tertiary/aromatic N) is 2. The summed E-state index contributed by atoms with van der Waals surface area (Å²) in [5.74, 6) is 0. The first-order chi connectivity index (χ1) is 25.7. The van der Waals surface area contributed by atoms with Gasteiger partial charge in [0.1, 0.15) is 17.5 Å². The normalized spacial score (nSPS) is 15.0. The third kappa shape index (κ3) is 19.1. The molecule has 0 unspecified atom stereocenters. The SMILES string of the molecule is CC(C)(C)OC(=O)NCc1ccc(C=O)cc1.CC(C)(C)OC(=O)NCc1ccc(CN2CCOCC2)cc1.NCc1ccc(CN2CCOCC2)cc1. The van der Waals surface area contributed by atoms with Gasteiger partial charge in [0, 0.05) is 64.5 Å². The predicted octanol–water partition coefficient (Wildman–Crippen LogP) is 6.04. The van der Waals surface area contributed by atoms with Crippen LogP contribution in [0.1, 0.15) is 79.7 Å². The fraction of sp³-hybridized carbons (Fsp3) is 0.500. The summed E-state index contributed by atoms with van der Waals surface area (Å²) in [6, 6.07) is 23.9. The van der Waals surface area contributed by atoms with Gasteiger partial charge in [0.15, 0.2) is 0 Å². The van der Waals surface area contributed by atoms with E-state index in [0.717, 1.165) is 83.1 Å². The van der Waals surface area contributed by atoms with E-state index in [0.29, 0.717) is 25.2 Å². The Morgan fingerprint density at radius 3 is 1.28 bits per heavy atom. The molecule has 296 valence electrons.